The summed E-state index contributed by atoms with van der Waals surface area (Å²) in [6.07, 6.45) is 4.67. The Morgan fingerprint density at radius 2 is 2.00 bits per heavy atom. The van der Waals surface area contributed by atoms with Crippen LogP contribution in [0, 0.1) is 13.8 Å². The highest BCUT2D eigenvalue weighted by Gasteiger charge is 2.11. The van der Waals surface area contributed by atoms with Crippen LogP contribution in [0.25, 0.3) is 0 Å². The van der Waals surface area contributed by atoms with Gasteiger partial charge in [-0.3, -0.25) is 9.97 Å². The van der Waals surface area contributed by atoms with E-state index in [4.69, 9.17) is 4.74 Å². The Morgan fingerprint density at radius 1 is 1.19 bits per heavy atom. The van der Waals surface area contributed by atoms with Crippen LogP contribution >= 0.6 is 0 Å². The topological polar surface area (TPSA) is 38.2 Å². The molecule has 0 saturated carbocycles. The van der Waals surface area contributed by atoms with Crippen LogP contribution in [0.15, 0.2) is 30.6 Å². The van der Waals surface area contributed by atoms with Gasteiger partial charge in [0.05, 0.1) is 12.8 Å². The number of hydrogen-bond acceptors (Lipinski definition) is 4. The molecular weight excluding hydrogens is 262 g/mol. The van der Waals surface area contributed by atoms with Gasteiger partial charge in [0.25, 0.3) is 0 Å². The molecule has 0 aliphatic rings. The number of aromatic nitrogens is 2. The van der Waals surface area contributed by atoms with E-state index in [1.807, 2.05) is 31.5 Å². The van der Waals surface area contributed by atoms with E-state index in [0.29, 0.717) is 0 Å². The zero-order valence-electron chi connectivity index (χ0n) is 13.3. The molecule has 0 radical (unpaired) electrons. The molecule has 0 aliphatic heterocycles. The number of rotatable bonds is 6. The maximum absolute atomic E-state index is 5.46. The van der Waals surface area contributed by atoms with Gasteiger partial charge in [-0.05, 0) is 33.0 Å². The summed E-state index contributed by atoms with van der Waals surface area (Å²) >= 11 is 0. The average Bonchev–Trinajstić information content (AvgIpc) is 2.50. The van der Waals surface area contributed by atoms with Crippen molar-refractivity contribution in [2.24, 2.45) is 0 Å². The first-order chi connectivity index (χ1) is 10.1. The summed E-state index contributed by atoms with van der Waals surface area (Å²) in [6.45, 7) is 5.86. The molecule has 0 saturated heterocycles. The van der Waals surface area contributed by atoms with Gasteiger partial charge < -0.3 is 9.64 Å². The van der Waals surface area contributed by atoms with E-state index in [-0.39, 0.29) is 0 Å². The maximum Gasteiger partial charge on any atom is 0.128 e. The van der Waals surface area contributed by atoms with Gasteiger partial charge in [0, 0.05) is 48.7 Å². The first kappa shape index (κ1) is 15.4. The fourth-order valence-corrected chi connectivity index (χ4v) is 2.42. The molecule has 2 rings (SSSR count). The second-order valence-electron chi connectivity index (χ2n) is 5.36. The van der Waals surface area contributed by atoms with Crippen molar-refractivity contribution < 1.29 is 4.74 Å². The smallest absolute Gasteiger partial charge is 0.128 e. The zero-order chi connectivity index (χ0) is 15.2. The second-order valence-corrected chi connectivity index (χ2v) is 5.36. The minimum absolute atomic E-state index is 0.815. The van der Waals surface area contributed by atoms with Crippen LogP contribution < -0.4 is 4.74 Å². The van der Waals surface area contributed by atoms with Gasteiger partial charge in [-0.2, -0.15) is 0 Å². The molecule has 21 heavy (non-hydrogen) atoms. The number of nitrogens with zero attached hydrogens (tertiary/aromatic N) is 3. The van der Waals surface area contributed by atoms with Gasteiger partial charge >= 0.3 is 0 Å². The van der Waals surface area contributed by atoms with Gasteiger partial charge in [0.1, 0.15) is 5.75 Å². The largest absolute Gasteiger partial charge is 0.496 e. The van der Waals surface area contributed by atoms with Crippen LogP contribution in [0.5, 0.6) is 5.75 Å². The van der Waals surface area contributed by atoms with Crippen LogP contribution in [0.4, 0.5) is 0 Å². The number of hydrogen-bond donors (Lipinski definition) is 0. The summed E-state index contributed by atoms with van der Waals surface area (Å²) in [5.74, 6) is 0.943. The van der Waals surface area contributed by atoms with Crippen molar-refractivity contribution in [2.75, 3.05) is 20.7 Å². The number of pyridine rings is 2. The van der Waals surface area contributed by atoms with E-state index < -0.39 is 0 Å². The predicted molar refractivity (Wildman–Crippen MR) is 84.5 cm³/mol. The molecule has 0 spiro atoms. The summed E-state index contributed by atoms with van der Waals surface area (Å²) in [6, 6.07) is 6.03. The number of likely N-dealkylation sites (N-methyl/N-ethyl adjacent to an activating group) is 1. The highest BCUT2D eigenvalue weighted by molar-refractivity contribution is 5.40. The average molecular weight is 285 g/mol. The molecule has 2 heterocycles. The molecule has 0 N–H and O–H groups in total. The third-order valence-corrected chi connectivity index (χ3v) is 3.65. The lowest BCUT2D eigenvalue weighted by Crippen LogP contribution is -2.22. The van der Waals surface area contributed by atoms with Crippen molar-refractivity contribution in [3.8, 4) is 5.75 Å². The summed E-state index contributed by atoms with van der Waals surface area (Å²) in [5.41, 5.74) is 4.40. The van der Waals surface area contributed by atoms with Crippen LogP contribution in [-0.2, 0) is 13.0 Å². The van der Waals surface area contributed by atoms with Gasteiger partial charge in [0.15, 0.2) is 0 Å². The van der Waals surface area contributed by atoms with E-state index in [2.05, 4.69) is 34.9 Å². The molecule has 0 aromatic carbocycles. The fraction of sp³-hybridized carbons (Fsp3) is 0.412. The Morgan fingerprint density at radius 3 is 2.67 bits per heavy atom. The lowest BCUT2D eigenvalue weighted by atomic mass is 10.1. The van der Waals surface area contributed by atoms with Crippen LogP contribution in [0.2, 0.25) is 0 Å². The summed E-state index contributed by atoms with van der Waals surface area (Å²) in [7, 11) is 3.82. The minimum atomic E-state index is 0.815. The monoisotopic (exact) mass is 285 g/mol. The molecule has 0 amide bonds. The number of aryl methyl sites for hydroxylation is 1. The Balaban J connectivity index is 1.98. The Kier molecular flexibility index (Phi) is 5.28. The standard InChI is InChI=1S/C17H23N3O/c1-13-11-19-16(14(2)17(13)21-4)12-20(3)10-8-15-7-5-6-9-18-15/h5-7,9,11H,8,10,12H2,1-4H3. The van der Waals surface area contributed by atoms with Crippen molar-refractivity contribution in [3.63, 3.8) is 0 Å². The summed E-state index contributed by atoms with van der Waals surface area (Å²) in [5, 5.41) is 0. The lowest BCUT2D eigenvalue weighted by Gasteiger charge is -2.19. The van der Waals surface area contributed by atoms with E-state index >= 15 is 0 Å². The van der Waals surface area contributed by atoms with Crippen LogP contribution in [0.1, 0.15) is 22.5 Å². The predicted octanol–water partition coefficient (Wildman–Crippen LogP) is 2.78. The third kappa shape index (κ3) is 4.02. The van der Waals surface area contributed by atoms with Gasteiger partial charge in [-0.25, -0.2) is 0 Å². The molecule has 2 aromatic rings. The number of methoxy groups -OCH3 is 1. The van der Waals surface area contributed by atoms with E-state index in [1.165, 1.54) is 0 Å². The zero-order valence-corrected chi connectivity index (χ0v) is 13.3. The van der Waals surface area contributed by atoms with Crippen LogP contribution in [0.3, 0.4) is 0 Å². The summed E-state index contributed by atoms with van der Waals surface area (Å²) in [4.78, 5) is 11.2. The molecule has 0 aliphatic carbocycles. The molecule has 0 bridgehead atoms. The van der Waals surface area contributed by atoms with Gasteiger partial charge in [-0.15, -0.1) is 0 Å². The quantitative estimate of drug-likeness (QED) is 0.818. The van der Waals surface area contributed by atoms with Crippen molar-refractivity contribution in [1.82, 2.24) is 14.9 Å². The first-order valence-corrected chi connectivity index (χ1v) is 7.19. The molecule has 0 fully saturated rings. The molecular formula is C17H23N3O. The Labute approximate surface area is 126 Å². The lowest BCUT2D eigenvalue weighted by molar-refractivity contribution is 0.323. The third-order valence-electron chi connectivity index (χ3n) is 3.65. The van der Waals surface area contributed by atoms with Crippen LogP contribution in [-0.4, -0.2) is 35.6 Å². The Hall–Kier alpha value is -1.94. The van der Waals surface area contributed by atoms with Gasteiger partial charge in [-0.1, -0.05) is 6.07 Å². The highest BCUT2D eigenvalue weighted by atomic mass is 16.5. The normalized spacial score (nSPS) is 10.9. The van der Waals surface area contributed by atoms with E-state index in [0.717, 1.165) is 47.8 Å². The van der Waals surface area contributed by atoms with Crippen molar-refractivity contribution in [3.05, 3.63) is 53.1 Å². The van der Waals surface area contributed by atoms with Gasteiger partial charge in [0.2, 0.25) is 0 Å². The molecule has 2 aromatic heterocycles. The number of ether oxygens (including phenoxy) is 1. The van der Waals surface area contributed by atoms with Crippen molar-refractivity contribution in [2.45, 2.75) is 26.8 Å². The minimum Gasteiger partial charge on any atom is -0.496 e. The van der Waals surface area contributed by atoms with E-state index in [1.54, 1.807) is 7.11 Å². The summed E-state index contributed by atoms with van der Waals surface area (Å²) < 4.78 is 5.46. The van der Waals surface area contributed by atoms with Crippen molar-refractivity contribution in [1.29, 1.82) is 0 Å². The Bertz CT molecular complexity index is 584. The molecule has 112 valence electrons. The maximum atomic E-state index is 5.46. The second kappa shape index (κ2) is 7.18. The molecule has 4 heteroatoms. The first-order valence-electron chi connectivity index (χ1n) is 7.19. The van der Waals surface area contributed by atoms with Crippen molar-refractivity contribution >= 4 is 0 Å². The SMILES string of the molecule is COc1c(C)cnc(CN(C)CCc2ccccn2)c1C. The highest BCUT2D eigenvalue weighted by Crippen LogP contribution is 2.24. The molecule has 0 atom stereocenters. The van der Waals surface area contributed by atoms with E-state index in [9.17, 15) is 0 Å². The molecule has 0 unspecified atom stereocenters. The fourth-order valence-electron chi connectivity index (χ4n) is 2.42. The molecule has 4 nitrogen and oxygen atoms in total.